The van der Waals surface area contributed by atoms with Crippen LogP contribution in [-0.4, -0.2) is 9.97 Å². The summed E-state index contributed by atoms with van der Waals surface area (Å²) in [7, 11) is 0. The van der Waals surface area contributed by atoms with Crippen molar-refractivity contribution in [1.82, 2.24) is 9.97 Å². The van der Waals surface area contributed by atoms with E-state index in [4.69, 9.17) is 5.73 Å². The molecular weight excluding hydrogens is 294 g/mol. The highest BCUT2D eigenvalue weighted by Gasteiger charge is 2.18. The lowest BCUT2D eigenvalue weighted by Gasteiger charge is -2.21. The van der Waals surface area contributed by atoms with Crippen molar-refractivity contribution < 1.29 is 0 Å². The molecule has 2 rings (SSSR count). The first-order chi connectivity index (χ1) is 8.52. The van der Waals surface area contributed by atoms with Gasteiger partial charge in [0.2, 0.25) is 0 Å². The first-order valence-corrected chi connectivity index (χ1v) is 6.99. The molecular formula is C13H18BrN3O. The molecule has 2 atom stereocenters. The molecule has 0 aliphatic carbocycles. The van der Waals surface area contributed by atoms with Gasteiger partial charge in [-0.2, -0.15) is 0 Å². The lowest BCUT2D eigenvalue weighted by atomic mass is 9.91. The Morgan fingerprint density at radius 1 is 1.33 bits per heavy atom. The van der Waals surface area contributed by atoms with Gasteiger partial charge in [-0.1, -0.05) is 36.2 Å². The van der Waals surface area contributed by atoms with Gasteiger partial charge in [0.25, 0.3) is 0 Å². The van der Waals surface area contributed by atoms with Gasteiger partial charge < -0.3 is 15.7 Å². The van der Waals surface area contributed by atoms with Gasteiger partial charge in [-0.05, 0) is 30.0 Å². The van der Waals surface area contributed by atoms with Crippen molar-refractivity contribution in [2.24, 2.45) is 11.7 Å². The smallest absolute Gasteiger partial charge is 0.323 e. The van der Waals surface area contributed by atoms with Crippen LogP contribution < -0.4 is 11.4 Å². The van der Waals surface area contributed by atoms with Crippen LogP contribution in [-0.2, 0) is 0 Å². The Kier molecular flexibility index (Phi) is 3.92. The van der Waals surface area contributed by atoms with Crippen LogP contribution in [0.15, 0.2) is 21.4 Å². The first kappa shape index (κ1) is 13.4. The van der Waals surface area contributed by atoms with Gasteiger partial charge in [0, 0.05) is 10.5 Å². The third-order valence-corrected chi connectivity index (χ3v) is 4.04. The zero-order chi connectivity index (χ0) is 13.3. The molecule has 18 heavy (non-hydrogen) atoms. The van der Waals surface area contributed by atoms with Crippen molar-refractivity contribution in [2.75, 3.05) is 0 Å². The summed E-state index contributed by atoms with van der Waals surface area (Å²) < 4.78 is 0.945. The zero-order valence-electron chi connectivity index (χ0n) is 10.6. The molecule has 0 aliphatic rings. The Hall–Kier alpha value is -1.07. The molecule has 0 spiro atoms. The molecule has 1 aromatic heterocycles. The Bertz CT molecular complexity index is 602. The summed E-state index contributed by atoms with van der Waals surface area (Å²) in [6.07, 6.45) is 2.21. The molecule has 0 fully saturated rings. The second-order valence-electron chi connectivity index (χ2n) is 4.79. The minimum Gasteiger partial charge on any atom is -0.324 e. The van der Waals surface area contributed by atoms with E-state index >= 15 is 0 Å². The number of benzene rings is 1. The Labute approximate surface area is 114 Å². The molecule has 0 aliphatic heterocycles. The molecule has 98 valence electrons. The van der Waals surface area contributed by atoms with Crippen LogP contribution in [0.3, 0.4) is 0 Å². The van der Waals surface area contributed by atoms with Crippen LogP contribution in [0.5, 0.6) is 0 Å². The second kappa shape index (κ2) is 5.28. The standard InChI is InChI=1S/C13H18BrN3O/c1-3-4-7(2)12(15)8-5-10-11(6-9(8)14)17-13(18)16-10/h5-7,12H,3-4,15H2,1-2H3,(H2,16,17,18). The number of nitrogens with one attached hydrogen (secondary N) is 2. The molecule has 5 heteroatoms. The molecule has 4 N–H and O–H groups in total. The molecule has 0 radical (unpaired) electrons. The van der Waals surface area contributed by atoms with E-state index < -0.39 is 0 Å². The molecule has 0 bridgehead atoms. The van der Waals surface area contributed by atoms with Gasteiger partial charge in [0.05, 0.1) is 11.0 Å². The molecule has 2 aromatic rings. The van der Waals surface area contributed by atoms with Gasteiger partial charge in [-0.3, -0.25) is 0 Å². The van der Waals surface area contributed by atoms with E-state index in [1.54, 1.807) is 0 Å². The third kappa shape index (κ3) is 2.52. The largest absolute Gasteiger partial charge is 0.324 e. The average molecular weight is 312 g/mol. The number of aromatic nitrogens is 2. The van der Waals surface area contributed by atoms with Gasteiger partial charge in [-0.15, -0.1) is 0 Å². The SMILES string of the molecule is CCCC(C)C(N)c1cc2[nH]c(=O)[nH]c2cc1Br. The fourth-order valence-electron chi connectivity index (χ4n) is 2.27. The normalized spacial score (nSPS) is 14.9. The maximum atomic E-state index is 11.3. The van der Waals surface area contributed by atoms with Gasteiger partial charge in [0.1, 0.15) is 0 Å². The number of aromatic amines is 2. The van der Waals surface area contributed by atoms with Crippen molar-refractivity contribution in [1.29, 1.82) is 0 Å². The van der Waals surface area contributed by atoms with E-state index in [1.807, 2.05) is 12.1 Å². The molecule has 0 amide bonds. The van der Waals surface area contributed by atoms with Gasteiger partial charge >= 0.3 is 5.69 Å². The van der Waals surface area contributed by atoms with E-state index in [0.717, 1.165) is 33.9 Å². The minimum absolute atomic E-state index is 0.0258. The maximum Gasteiger partial charge on any atom is 0.323 e. The highest BCUT2D eigenvalue weighted by molar-refractivity contribution is 9.10. The molecule has 2 unspecified atom stereocenters. The van der Waals surface area contributed by atoms with Crippen LogP contribution in [0, 0.1) is 5.92 Å². The summed E-state index contributed by atoms with van der Waals surface area (Å²) >= 11 is 3.53. The van der Waals surface area contributed by atoms with E-state index in [0.29, 0.717) is 5.92 Å². The second-order valence-corrected chi connectivity index (χ2v) is 5.64. The number of H-pyrrole nitrogens is 2. The minimum atomic E-state index is -0.191. The summed E-state index contributed by atoms with van der Waals surface area (Å²) in [5.74, 6) is 0.411. The van der Waals surface area contributed by atoms with Crippen LogP contribution in [0.4, 0.5) is 0 Å². The Morgan fingerprint density at radius 3 is 2.56 bits per heavy atom. The number of imidazole rings is 1. The summed E-state index contributed by atoms with van der Waals surface area (Å²) in [5, 5.41) is 0. The summed E-state index contributed by atoms with van der Waals surface area (Å²) in [6.45, 7) is 4.32. The monoisotopic (exact) mass is 311 g/mol. The molecule has 0 saturated carbocycles. The third-order valence-electron chi connectivity index (χ3n) is 3.35. The summed E-state index contributed by atoms with van der Waals surface area (Å²) in [5.41, 5.74) is 8.74. The molecule has 1 aromatic carbocycles. The number of hydrogen-bond acceptors (Lipinski definition) is 2. The average Bonchev–Trinajstić information content (AvgIpc) is 2.66. The highest BCUT2D eigenvalue weighted by Crippen LogP contribution is 2.31. The van der Waals surface area contributed by atoms with E-state index in [-0.39, 0.29) is 11.7 Å². The number of rotatable bonds is 4. The number of fused-ring (bicyclic) bond motifs is 1. The summed E-state index contributed by atoms with van der Waals surface area (Å²) in [4.78, 5) is 16.8. The fraction of sp³-hybridized carbons (Fsp3) is 0.462. The first-order valence-electron chi connectivity index (χ1n) is 6.20. The summed E-state index contributed by atoms with van der Waals surface area (Å²) in [6, 6.07) is 3.83. The van der Waals surface area contributed by atoms with Gasteiger partial charge in [-0.25, -0.2) is 4.79 Å². The van der Waals surface area contributed by atoms with Crippen molar-refractivity contribution in [3.63, 3.8) is 0 Å². The Balaban J connectivity index is 2.43. The fourth-order valence-corrected chi connectivity index (χ4v) is 2.88. The van der Waals surface area contributed by atoms with E-state index in [9.17, 15) is 4.79 Å². The zero-order valence-corrected chi connectivity index (χ0v) is 12.2. The predicted octanol–water partition coefficient (Wildman–Crippen LogP) is 3.05. The predicted molar refractivity (Wildman–Crippen MR) is 77.6 cm³/mol. The molecule has 1 heterocycles. The van der Waals surface area contributed by atoms with Crippen molar-refractivity contribution in [3.8, 4) is 0 Å². The van der Waals surface area contributed by atoms with Crippen molar-refractivity contribution in [2.45, 2.75) is 32.7 Å². The van der Waals surface area contributed by atoms with E-state index in [2.05, 4.69) is 39.7 Å². The lowest BCUT2D eigenvalue weighted by Crippen LogP contribution is -2.19. The number of hydrogen-bond donors (Lipinski definition) is 3. The van der Waals surface area contributed by atoms with Crippen molar-refractivity contribution in [3.05, 3.63) is 32.7 Å². The van der Waals surface area contributed by atoms with Crippen LogP contribution in [0.25, 0.3) is 11.0 Å². The number of halogens is 1. The maximum absolute atomic E-state index is 11.3. The van der Waals surface area contributed by atoms with E-state index in [1.165, 1.54) is 0 Å². The van der Waals surface area contributed by atoms with Crippen LogP contribution in [0.2, 0.25) is 0 Å². The van der Waals surface area contributed by atoms with Gasteiger partial charge in [0.15, 0.2) is 0 Å². The molecule has 0 saturated heterocycles. The Morgan fingerprint density at radius 2 is 1.94 bits per heavy atom. The van der Waals surface area contributed by atoms with Crippen LogP contribution in [0.1, 0.15) is 38.3 Å². The van der Waals surface area contributed by atoms with Crippen LogP contribution >= 0.6 is 15.9 Å². The highest BCUT2D eigenvalue weighted by atomic mass is 79.9. The quantitative estimate of drug-likeness (QED) is 0.811. The lowest BCUT2D eigenvalue weighted by molar-refractivity contribution is 0.433. The topological polar surface area (TPSA) is 74.7 Å². The molecule has 4 nitrogen and oxygen atoms in total. The van der Waals surface area contributed by atoms with Crippen molar-refractivity contribution >= 4 is 27.0 Å². The number of nitrogens with two attached hydrogens (primary N) is 1.